The molecule has 1 aromatic heterocycles. The van der Waals surface area contributed by atoms with Gasteiger partial charge >= 0.3 is 0 Å². The molecule has 1 unspecified atom stereocenters. The highest BCUT2D eigenvalue weighted by atomic mass is 35.5. The molecule has 1 atom stereocenters. The molecule has 0 N–H and O–H groups in total. The van der Waals surface area contributed by atoms with Crippen molar-refractivity contribution >= 4 is 29.2 Å². The summed E-state index contributed by atoms with van der Waals surface area (Å²) in [5, 5.41) is 0.720. The molecule has 0 radical (unpaired) electrons. The lowest BCUT2D eigenvalue weighted by atomic mass is 10.3. The van der Waals surface area contributed by atoms with Crippen molar-refractivity contribution < 1.29 is 0 Å². The predicted octanol–water partition coefficient (Wildman–Crippen LogP) is 2.58. The van der Waals surface area contributed by atoms with Crippen LogP contribution in [0.1, 0.15) is 13.3 Å². The number of anilines is 1. The number of rotatable bonds is 4. The largest absolute Gasteiger partial charge is 0.344 e. The van der Waals surface area contributed by atoms with Crippen molar-refractivity contribution in [1.82, 2.24) is 9.97 Å². The molecule has 3 nitrogen and oxygen atoms in total. The number of alkyl halides is 1. The van der Waals surface area contributed by atoms with Gasteiger partial charge in [0.1, 0.15) is 0 Å². The third kappa shape index (κ3) is 3.68. The van der Waals surface area contributed by atoms with E-state index in [1.807, 2.05) is 18.9 Å². The maximum Gasteiger partial charge on any atom is 0.225 e. The molecule has 1 rings (SSSR count). The van der Waals surface area contributed by atoms with Gasteiger partial charge in [-0.3, -0.25) is 0 Å². The third-order valence-corrected chi connectivity index (χ3v) is 2.22. The van der Waals surface area contributed by atoms with Gasteiger partial charge in [-0.1, -0.05) is 11.6 Å². The van der Waals surface area contributed by atoms with Crippen LogP contribution in [0.5, 0.6) is 0 Å². The quantitative estimate of drug-likeness (QED) is 0.750. The summed E-state index contributed by atoms with van der Waals surface area (Å²) in [7, 11) is 1.93. The molecular formula is C9H13Cl2N3. The van der Waals surface area contributed by atoms with Crippen molar-refractivity contribution in [2.75, 3.05) is 18.5 Å². The van der Waals surface area contributed by atoms with E-state index in [2.05, 4.69) is 9.97 Å². The summed E-state index contributed by atoms with van der Waals surface area (Å²) >= 11 is 11.5. The molecule has 5 heteroatoms. The van der Waals surface area contributed by atoms with Gasteiger partial charge in [-0.25, -0.2) is 9.97 Å². The van der Waals surface area contributed by atoms with Gasteiger partial charge in [0.05, 0.1) is 17.4 Å². The number of aromatic nitrogens is 2. The molecule has 0 fully saturated rings. The Bertz CT molecular complexity index is 274. The minimum Gasteiger partial charge on any atom is -0.344 e. The Morgan fingerprint density at radius 3 is 2.50 bits per heavy atom. The van der Waals surface area contributed by atoms with E-state index in [1.165, 1.54) is 0 Å². The molecule has 0 aliphatic heterocycles. The molecule has 0 spiro atoms. The number of hydrogen-bond donors (Lipinski definition) is 0. The first kappa shape index (κ1) is 11.5. The van der Waals surface area contributed by atoms with Gasteiger partial charge in [-0.2, -0.15) is 0 Å². The molecule has 78 valence electrons. The lowest BCUT2D eigenvalue weighted by molar-refractivity contribution is 0.755. The molecule has 0 aliphatic rings. The topological polar surface area (TPSA) is 29.0 Å². The van der Waals surface area contributed by atoms with Crippen LogP contribution in [0.4, 0.5) is 5.95 Å². The molecule has 0 saturated heterocycles. The summed E-state index contributed by atoms with van der Waals surface area (Å²) in [6, 6.07) is 0. The molecular weight excluding hydrogens is 221 g/mol. The minimum absolute atomic E-state index is 0.171. The Labute approximate surface area is 94.1 Å². The van der Waals surface area contributed by atoms with E-state index in [1.54, 1.807) is 12.4 Å². The number of halogens is 2. The van der Waals surface area contributed by atoms with Crippen LogP contribution in [0.25, 0.3) is 0 Å². The summed E-state index contributed by atoms with van der Waals surface area (Å²) in [4.78, 5) is 10.1. The Kier molecular flexibility index (Phi) is 4.42. The van der Waals surface area contributed by atoms with Crippen LogP contribution in [-0.4, -0.2) is 28.9 Å². The Morgan fingerprint density at radius 1 is 1.43 bits per heavy atom. The zero-order valence-electron chi connectivity index (χ0n) is 8.24. The SMILES string of the molecule is CC(Cl)CCN(C)c1ncc(Cl)cn1. The maximum atomic E-state index is 5.85. The Hall–Kier alpha value is -0.540. The van der Waals surface area contributed by atoms with Gasteiger partial charge in [0.15, 0.2) is 0 Å². The predicted molar refractivity (Wildman–Crippen MR) is 60.2 cm³/mol. The second-order valence-corrected chi connectivity index (χ2v) is 4.37. The van der Waals surface area contributed by atoms with E-state index in [0.29, 0.717) is 11.0 Å². The molecule has 0 aromatic carbocycles. The van der Waals surface area contributed by atoms with Crippen molar-refractivity contribution in [3.63, 3.8) is 0 Å². The Balaban J connectivity index is 2.52. The fraction of sp³-hybridized carbons (Fsp3) is 0.556. The lowest BCUT2D eigenvalue weighted by Gasteiger charge is -2.16. The van der Waals surface area contributed by atoms with E-state index in [9.17, 15) is 0 Å². The smallest absolute Gasteiger partial charge is 0.225 e. The molecule has 1 heterocycles. The van der Waals surface area contributed by atoms with Gasteiger partial charge in [0.25, 0.3) is 0 Å². The zero-order valence-corrected chi connectivity index (χ0v) is 9.76. The highest BCUT2D eigenvalue weighted by molar-refractivity contribution is 6.30. The number of nitrogens with zero attached hydrogens (tertiary/aromatic N) is 3. The van der Waals surface area contributed by atoms with Gasteiger partial charge in [-0.15, -0.1) is 11.6 Å². The molecule has 0 aliphatic carbocycles. The van der Waals surface area contributed by atoms with Crippen LogP contribution in [0.2, 0.25) is 5.02 Å². The molecule has 0 bridgehead atoms. The first-order valence-electron chi connectivity index (χ1n) is 4.42. The lowest BCUT2D eigenvalue weighted by Crippen LogP contribution is -2.22. The van der Waals surface area contributed by atoms with E-state index in [4.69, 9.17) is 23.2 Å². The summed E-state index contributed by atoms with van der Waals surface area (Å²) < 4.78 is 0. The zero-order chi connectivity index (χ0) is 10.6. The van der Waals surface area contributed by atoms with Crippen LogP contribution in [-0.2, 0) is 0 Å². The van der Waals surface area contributed by atoms with E-state index >= 15 is 0 Å². The van der Waals surface area contributed by atoms with Gasteiger partial charge in [0, 0.05) is 19.0 Å². The van der Waals surface area contributed by atoms with E-state index in [-0.39, 0.29) is 5.38 Å². The second kappa shape index (κ2) is 5.37. The first-order valence-corrected chi connectivity index (χ1v) is 5.24. The normalized spacial score (nSPS) is 12.6. The van der Waals surface area contributed by atoms with Gasteiger partial charge in [0.2, 0.25) is 5.95 Å². The van der Waals surface area contributed by atoms with Gasteiger partial charge < -0.3 is 4.90 Å². The highest BCUT2D eigenvalue weighted by Gasteiger charge is 2.05. The summed E-state index contributed by atoms with van der Waals surface area (Å²) in [5.41, 5.74) is 0. The standard InChI is InChI=1S/C9H13Cl2N3/c1-7(10)3-4-14(2)9-12-5-8(11)6-13-9/h5-7H,3-4H2,1-2H3. The summed E-state index contributed by atoms with van der Waals surface area (Å²) in [6.45, 7) is 2.81. The van der Waals surface area contributed by atoms with Gasteiger partial charge in [-0.05, 0) is 13.3 Å². The van der Waals surface area contributed by atoms with Crippen molar-refractivity contribution in [3.05, 3.63) is 17.4 Å². The monoisotopic (exact) mass is 233 g/mol. The highest BCUT2D eigenvalue weighted by Crippen LogP contribution is 2.10. The average molecular weight is 234 g/mol. The van der Waals surface area contributed by atoms with Crippen molar-refractivity contribution in [2.45, 2.75) is 18.7 Å². The fourth-order valence-corrected chi connectivity index (χ4v) is 1.17. The second-order valence-electron chi connectivity index (χ2n) is 3.19. The van der Waals surface area contributed by atoms with E-state index < -0.39 is 0 Å². The van der Waals surface area contributed by atoms with Crippen LogP contribution < -0.4 is 4.90 Å². The summed E-state index contributed by atoms with van der Waals surface area (Å²) in [5.74, 6) is 0.673. The van der Waals surface area contributed by atoms with Crippen molar-refractivity contribution in [1.29, 1.82) is 0 Å². The molecule has 0 amide bonds. The first-order chi connectivity index (χ1) is 6.59. The van der Waals surface area contributed by atoms with Crippen LogP contribution >= 0.6 is 23.2 Å². The molecule has 0 saturated carbocycles. The van der Waals surface area contributed by atoms with Crippen molar-refractivity contribution in [3.8, 4) is 0 Å². The summed E-state index contributed by atoms with van der Waals surface area (Å²) in [6.07, 6.45) is 4.08. The maximum absolute atomic E-state index is 5.85. The van der Waals surface area contributed by atoms with Crippen LogP contribution in [0.3, 0.4) is 0 Å². The molecule has 1 aromatic rings. The molecule has 14 heavy (non-hydrogen) atoms. The Morgan fingerprint density at radius 2 is 2.00 bits per heavy atom. The average Bonchev–Trinajstić information content (AvgIpc) is 2.15. The minimum atomic E-state index is 0.171. The van der Waals surface area contributed by atoms with Crippen molar-refractivity contribution in [2.24, 2.45) is 0 Å². The number of hydrogen-bond acceptors (Lipinski definition) is 3. The van der Waals surface area contributed by atoms with Crippen LogP contribution in [0.15, 0.2) is 12.4 Å². The van der Waals surface area contributed by atoms with Crippen LogP contribution in [0, 0.1) is 0 Å². The fourth-order valence-electron chi connectivity index (χ4n) is 0.974. The van der Waals surface area contributed by atoms with E-state index in [0.717, 1.165) is 13.0 Å². The third-order valence-electron chi connectivity index (χ3n) is 1.81.